The fourth-order valence-corrected chi connectivity index (χ4v) is 4.75. The number of nitrogens with zero attached hydrogens (tertiary/aromatic N) is 2. The Morgan fingerprint density at radius 1 is 1.14 bits per heavy atom. The maximum Gasteiger partial charge on any atom is 0.130 e. The van der Waals surface area contributed by atoms with Crippen LogP contribution in [0.4, 0.5) is 4.39 Å². The maximum atomic E-state index is 13.9. The van der Waals surface area contributed by atoms with Gasteiger partial charge >= 0.3 is 0 Å². The van der Waals surface area contributed by atoms with Crippen LogP contribution in [0.1, 0.15) is 54.4 Å². The van der Waals surface area contributed by atoms with Gasteiger partial charge in [0.05, 0.1) is 6.54 Å². The Morgan fingerprint density at radius 3 is 2.57 bits per heavy atom. The quantitative estimate of drug-likeness (QED) is 0.145. The van der Waals surface area contributed by atoms with Gasteiger partial charge in [-0.15, -0.1) is 0 Å². The Hall–Kier alpha value is -2.83. The number of allylic oxidation sites excluding steroid dienone is 3. The second-order valence-corrected chi connectivity index (χ2v) is 10.7. The van der Waals surface area contributed by atoms with Gasteiger partial charge in [0.2, 0.25) is 0 Å². The highest BCUT2D eigenvalue weighted by Crippen LogP contribution is 2.20. The Bertz CT molecular complexity index is 1070. The van der Waals surface area contributed by atoms with Crippen LogP contribution in [0.3, 0.4) is 0 Å². The van der Waals surface area contributed by atoms with Crippen molar-refractivity contribution in [2.45, 2.75) is 51.9 Å². The van der Waals surface area contributed by atoms with Gasteiger partial charge in [-0.3, -0.25) is 4.99 Å². The van der Waals surface area contributed by atoms with E-state index in [1.807, 2.05) is 49.4 Å². The Balaban J connectivity index is 1.30. The monoisotopic (exact) mass is 520 g/mol. The van der Waals surface area contributed by atoms with Crippen LogP contribution in [0.15, 0.2) is 77.2 Å². The van der Waals surface area contributed by atoms with E-state index in [1.54, 1.807) is 6.07 Å². The standard InChI is InChI=1S/C31H41FN4S/c1-25-11-17-28(31(32)22-25)9-4-3-5-10-30(34-2)18-16-27-14-12-26(13-15-27)8-6-7-19-35-23-29(33)24-36-20-21-37-36/h4,9-15,17,22-23,35H,2-3,5-8,16,18-21,24,33H2,1H3/b9-4+,29-23-,30-10-. The van der Waals surface area contributed by atoms with Gasteiger partial charge < -0.3 is 11.1 Å². The van der Waals surface area contributed by atoms with Crippen LogP contribution in [0.5, 0.6) is 0 Å². The van der Waals surface area contributed by atoms with E-state index in [2.05, 4.69) is 51.7 Å². The third-order valence-electron chi connectivity index (χ3n) is 6.36. The molecule has 0 unspecified atom stereocenters. The van der Waals surface area contributed by atoms with Crippen molar-refractivity contribution in [1.29, 1.82) is 0 Å². The molecule has 3 N–H and O–H groups in total. The Morgan fingerprint density at radius 2 is 1.89 bits per heavy atom. The van der Waals surface area contributed by atoms with Gasteiger partial charge in [0, 0.05) is 42.0 Å². The average Bonchev–Trinajstić information content (AvgIpc) is 2.87. The molecule has 0 saturated carbocycles. The molecule has 0 bridgehead atoms. The normalized spacial score (nSPS) is 14.6. The summed E-state index contributed by atoms with van der Waals surface area (Å²) in [6.07, 6.45) is 14.9. The second kappa shape index (κ2) is 16.1. The Labute approximate surface area is 226 Å². The summed E-state index contributed by atoms with van der Waals surface area (Å²) in [5, 5.41) is 3.34. The molecule has 3 rings (SSSR count). The predicted octanol–water partition coefficient (Wildman–Crippen LogP) is 6.82. The molecule has 4 nitrogen and oxygen atoms in total. The molecule has 6 heteroatoms. The summed E-state index contributed by atoms with van der Waals surface area (Å²) in [6.45, 7) is 8.56. The van der Waals surface area contributed by atoms with Crippen molar-refractivity contribution in [2.24, 2.45) is 10.7 Å². The number of nitrogens with one attached hydrogen (secondary N) is 1. The van der Waals surface area contributed by atoms with Gasteiger partial charge in [-0.25, -0.2) is 8.70 Å². The molecule has 1 saturated heterocycles. The number of unbranched alkanes of at least 4 members (excludes halogenated alkanes) is 2. The first kappa shape index (κ1) is 28.7. The van der Waals surface area contributed by atoms with Crippen molar-refractivity contribution in [3.63, 3.8) is 0 Å². The average molecular weight is 521 g/mol. The largest absolute Gasteiger partial charge is 0.400 e. The minimum atomic E-state index is -0.172. The first-order valence-electron chi connectivity index (χ1n) is 13.3. The SMILES string of the molecule is C=N/C(=C\CC/C=C/c1ccc(C)cc1F)CCc1ccc(CCCCN/C=C(\N)CN2CCS2)cc1. The van der Waals surface area contributed by atoms with Gasteiger partial charge in [-0.2, -0.15) is 0 Å². The van der Waals surface area contributed by atoms with Gasteiger partial charge in [-0.05, 0) is 81.3 Å². The number of hydrogen-bond acceptors (Lipinski definition) is 5. The highest BCUT2D eigenvalue weighted by molar-refractivity contribution is 7.98. The number of hydrogen-bond donors (Lipinski definition) is 2. The third-order valence-corrected chi connectivity index (χ3v) is 7.40. The van der Waals surface area contributed by atoms with Crippen LogP contribution in [-0.2, 0) is 12.8 Å². The van der Waals surface area contributed by atoms with Crippen molar-refractivity contribution >= 4 is 24.7 Å². The summed E-state index contributed by atoms with van der Waals surface area (Å²) in [5.41, 5.74) is 12.2. The number of nitrogens with two attached hydrogens (primary N) is 1. The van der Waals surface area contributed by atoms with Crippen molar-refractivity contribution < 1.29 is 4.39 Å². The lowest BCUT2D eigenvalue weighted by Crippen LogP contribution is -2.33. The van der Waals surface area contributed by atoms with E-state index >= 15 is 0 Å². The molecule has 0 atom stereocenters. The fraction of sp³-hybridized carbons (Fsp3) is 0.387. The van der Waals surface area contributed by atoms with Crippen LogP contribution in [0.25, 0.3) is 6.08 Å². The molecule has 0 radical (unpaired) electrons. The van der Waals surface area contributed by atoms with E-state index in [9.17, 15) is 4.39 Å². The second-order valence-electron chi connectivity index (χ2n) is 9.50. The molecule has 1 aliphatic heterocycles. The first-order chi connectivity index (χ1) is 18.0. The molecular weight excluding hydrogens is 479 g/mol. The van der Waals surface area contributed by atoms with Crippen LogP contribution in [0, 0.1) is 12.7 Å². The minimum Gasteiger partial charge on any atom is -0.400 e. The van der Waals surface area contributed by atoms with E-state index in [4.69, 9.17) is 5.73 Å². The van der Waals surface area contributed by atoms with E-state index in [0.29, 0.717) is 5.56 Å². The molecular formula is C31H41FN4S. The molecule has 0 aromatic heterocycles. The molecule has 37 heavy (non-hydrogen) atoms. The minimum absolute atomic E-state index is 0.172. The molecule has 1 aliphatic rings. The molecule has 0 aliphatic carbocycles. The van der Waals surface area contributed by atoms with Crippen molar-refractivity contribution in [2.75, 3.05) is 25.4 Å². The molecule has 198 valence electrons. The highest BCUT2D eigenvalue weighted by atomic mass is 32.2. The number of aliphatic imine (C=N–C) groups is 1. The summed E-state index contributed by atoms with van der Waals surface area (Å²) in [7, 11) is 0. The van der Waals surface area contributed by atoms with E-state index in [-0.39, 0.29) is 5.82 Å². The zero-order chi connectivity index (χ0) is 26.3. The smallest absolute Gasteiger partial charge is 0.130 e. The fourth-order valence-electron chi connectivity index (χ4n) is 4.07. The number of aryl methyl sites for hydroxylation is 3. The lowest BCUT2D eigenvalue weighted by molar-refractivity contribution is 0.497. The van der Waals surface area contributed by atoms with Crippen molar-refractivity contribution in [3.05, 3.63) is 100 Å². The summed E-state index contributed by atoms with van der Waals surface area (Å²) in [6, 6.07) is 14.2. The molecule has 0 amide bonds. The van der Waals surface area contributed by atoms with Crippen LogP contribution in [-0.4, -0.2) is 36.4 Å². The van der Waals surface area contributed by atoms with E-state index in [1.165, 1.54) is 16.9 Å². The molecule has 2 aromatic rings. The topological polar surface area (TPSA) is 53.6 Å². The van der Waals surface area contributed by atoms with E-state index in [0.717, 1.165) is 81.5 Å². The molecule has 2 aromatic carbocycles. The van der Waals surface area contributed by atoms with E-state index < -0.39 is 0 Å². The number of halogens is 1. The summed E-state index contributed by atoms with van der Waals surface area (Å²) in [5.74, 6) is 1.04. The van der Waals surface area contributed by atoms with Gasteiger partial charge in [0.25, 0.3) is 0 Å². The number of benzene rings is 2. The van der Waals surface area contributed by atoms with Crippen LogP contribution in [0.2, 0.25) is 0 Å². The van der Waals surface area contributed by atoms with Crippen molar-refractivity contribution in [1.82, 2.24) is 9.62 Å². The van der Waals surface area contributed by atoms with Gasteiger partial charge in [0.15, 0.2) is 0 Å². The lowest BCUT2D eigenvalue weighted by Gasteiger charge is -2.29. The Kier molecular flexibility index (Phi) is 12.5. The maximum absolute atomic E-state index is 13.9. The van der Waals surface area contributed by atoms with Crippen LogP contribution < -0.4 is 11.1 Å². The lowest BCUT2D eigenvalue weighted by atomic mass is 10.0. The number of rotatable bonds is 16. The van der Waals surface area contributed by atoms with Crippen molar-refractivity contribution in [3.8, 4) is 0 Å². The summed E-state index contributed by atoms with van der Waals surface area (Å²) < 4.78 is 16.2. The highest BCUT2D eigenvalue weighted by Gasteiger charge is 2.14. The third kappa shape index (κ3) is 11.0. The van der Waals surface area contributed by atoms with Gasteiger partial charge in [-0.1, -0.05) is 66.6 Å². The molecule has 1 fully saturated rings. The van der Waals surface area contributed by atoms with Crippen LogP contribution >= 0.6 is 11.9 Å². The first-order valence-corrected chi connectivity index (χ1v) is 14.2. The van der Waals surface area contributed by atoms with Gasteiger partial charge in [0.1, 0.15) is 5.82 Å². The summed E-state index contributed by atoms with van der Waals surface area (Å²) in [4.78, 5) is 4.20. The zero-order valence-corrected chi connectivity index (χ0v) is 22.9. The predicted molar refractivity (Wildman–Crippen MR) is 159 cm³/mol. The molecule has 0 spiro atoms. The zero-order valence-electron chi connectivity index (χ0n) is 22.1. The summed E-state index contributed by atoms with van der Waals surface area (Å²) >= 11 is 1.85. The molecule has 1 heterocycles.